The van der Waals surface area contributed by atoms with Crippen LogP contribution < -0.4 is 0 Å². The molecule has 2 aromatic heterocycles. The number of para-hydroxylation sites is 1. The molecule has 1 aliphatic rings. The molecule has 0 saturated carbocycles. The van der Waals surface area contributed by atoms with E-state index >= 15 is 0 Å². The predicted molar refractivity (Wildman–Crippen MR) is 96.6 cm³/mol. The SMILES string of the molecule is Cc1nccn1CC(=O)N1CCCCC1c1nncn1-c1ccccc1. The van der Waals surface area contributed by atoms with Crippen molar-refractivity contribution in [3.63, 3.8) is 0 Å². The third-order valence-electron chi connectivity index (χ3n) is 4.96. The van der Waals surface area contributed by atoms with E-state index < -0.39 is 0 Å². The summed E-state index contributed by atoms with van der Waals surface area (Å²) in [4.78, 5) is 19.1. The Labute approximate surface area is 152 Å². The Morgan fingerprint density at radius 2 is 2.08 bits per heavy atom. The molecule has 1 fully saturated rings. The van der Waals surface area contributed by atoms with Crippen molar-refractivity contribution in [3.05, 3.63) is 60.7 Å². The number of aromatic nitrogens is 5. The van der Waals surface area contributed by atoms with E-state index in [1.54, 1.807) is 12.5 Å². The van der Waals surface area contributed by atoms with E-state index in [0.717, 1.165) is 43.1 Å². The maximum Gasteiger partial charge on any atom is 0.243 e. The number of hydrogen-bond acceptors (Lipinski definition) is 4. The molecule has 3 heterocycles. The smallest absolute Gasteiger partial charge is 0.243 e. The Morgan fingerprint density at radius 3 is 2.85 bits per heavy atom. The first-order valence-corrected chi connectivity index (χ1v) is 8.96. The number of carbonyl (C=O) groups excluding carboxylic acids is 1. The maximum absolute atomic E-state index is 13.0. The van der Waals surface area contributed by atoms with E-state index in [9.17, 15) is 4.79 Å². The summed E-state index contributed by atoms with van der Waals surface area (Å²) in [6.45, 7) is 2.97. The Bertz CT molecular complexity index is 884. The highest BCUT2D eigenvalue weighted by Crippen LogP contribution is 2.31. The number of rotatable bonds is 4. The van der Waals surface area contributed by atoms with Crippen molar-refractivity contribution >= 4 is 5.91 Å². The lowest BCUT2D eigenvalue weighted by atomic mass is 10.0. The van der Waals surface area contributed by atoms with Gasteiger partial charge in [0.25, 0.3) is 0 Å². The minimum absolute atomic E-state index is 0.0530. The monoisotopic (exact) mass is 350 g/mol. The van der Waals surface area contributed by atoms with E-state index in [-0.39, 0.29) is 11.9 Å². The van der Waals surface area contributed by atoms with Crippen LogP contribution >= 0.6 is 0 Å². The summed E-state index contributed by atoms with van der Waals surface area (Å²) in [5.41, 5.74) is 1.01. The van der Waals surface area contributed by atoms with Crippen LogP contribution in [0.2, 0.25) is 0 Å². The molecule has 0 spiro atoms. The fourth-order valence-corrected chi connectivity index (χ4v) is 3.56. The molecule has 0 aliphatic carbocycles. The van der Waals surface area contributed by atoms with Crippen LogP contribution in [0.25, 0.3) is 5.69 Å². The van der Waals surface area contributed by atoms with Gasteiger partial charge in [-0.1, -0.05) is 18.2 Å². The number of hydrogen-bond donors (Lipinski definition) is 0. The quantitative estimate of drug-likeness (QED) is 0.725. The van der Waals surface area contributed by atoms with Crippen LogP contribution in [0.5, 0.6) is 0 Å². The zero-order valence-electron chi connectivity index (χ0n) is 14.8. The van der Waals surface area contributed by atoms with Gasteiger partial charge in [-0.25, -0.2) is 4.98 Å². The van der Waals surface area contributed by atoms with Crippen molar-refractivity contribution in [1.29, 1.82) is 0 Å². The summed E-state index contributed by atoms with van der Waals surface area (Å²) in [6.07, 6.45) is 8.30. The lowest BCUT2D eigenvalue weighted by Crippen LogP contribution is -2.41. The van der Waals surface area contributed by atoms with Crippen molar-refractivity contribution in [2.24, 2.45) is 0 Å². The lowest BCUT2D eigenvalue weighted by molar-refractivity contribution is -0.136. The third kappa shape index (κ3) is 3.12. The summed E-state index contributed by atoms with van der Waals surface area (Å²) in [7, 11) is 0. The molecule has 0 bridgehead atoms. The minimum Gasteiger partial charge on any atom is -0.331 e. The first-order chi connectivity index (χ1) is 12.7. The standard InChI is InChI=1S/C19H22N6O/c1-15-20-10-12-23(15)13-18(26)24-11-6-5-9-17(24)19-22-21-14-25(19)16-7-3-2-4-8-16/h2-4,7-8,10,12,14,17H,5-6,9,11,13H2,1H3. The second kappa shape index (κ2) is 7.11. The van der Waals surface area contributed by atoms with Crippen LogP contribution in [-0.2, 0) is 11.3 Å². The summed E-state index contributed by atoms with van der Waals surface area (Å²) in [6, 6.07) is 9.96. The van der Waals surface area contributed by atoms with Gasteiger partial charge < -0.3 is 9.47 Å². The van der Waals surface area contributed by atoms with Crippen molar-refractivity contribution < 1.29 is 4.79 Å². The van der Waals surface area contributed by atoms with Gasteiger partial charge in [0.15, 0.2) is 5.82 Å². The van der Waals surface area contributed by atoms with Gasteiger partial charge in [-0.2, -0.15) is 0 Å². The topological polar surface area (TPSA) is 68.8 Å². The molecule has 26 heavy (non-hydrogen) atoms. The van der Waals surface area contributed by atoms with Gasteiger partial charge in [0.05, 0.1) is 6.04 Å². The Hall–Kier alpha value is -2.96. The number of aryl methyl sites for hydroxylation is 1. The third-order valence-corrected chi connectivity index (χ3v) is 4.96. The average Bonchev–Trinajstić information content (AvgIpc) is 3.32. The summed E-state index contributed by atoms with van der Waals surface area (Å²) >= 11 is 0. The highest BCUT2D eigenvalue weighted by molar-refractivity contribution is 5.76. The van der Waals surface area contributed by atoms with Gasteiger partial charge in [0.1, 0.15) is 18.7 Å². The van der Waals surface area contributed by atoms with E-state index in [4.69, 9.17) is 0 Å². The van der Waals surface area contributed by atoms with E-state index in [2.05, 4.69) is 15.2 Å². The Kier molecular flexibility index (Phi) is 4.51. The highest BCUT2D eigenvalue weighted by Gasteiger charge is 2.31. The summed E-state index contributed by atoms with van der Waals surface area (Å²) in [5, 5.41) is 8.48. The minimum atomic E-state index is -0.0530. The van der Waals surface area contributed by atoms with Crippen LogP contribution in [0.3, 0.4) is 0 Å². The first kappa shape index (κ1) is 16.5. The molecule has 1 saturated heterocycles. The van der Waals surface area contributed by atoms with Gasteiger partial charge in [-0.15, -0.1) is 10.2 Å². The molecule has 1 aliphatic heterocycles. The number of benzene rings is 1. The van der Waals surface area contributed by atoms with Crippen LogP contribution in [-0.4, -0.2) is 41.7 Å². The largest absolute Gasteiger partial charge is 0.331 e. The molecule has 7 heteroatoms. The number of imidazole rings is 1. The first-order valence-electron chi connectivity index (χ1n) is 8.96. The average molecular weight is 350 g/mol. The Morgan fingerprint density at radius 1 is 1.23 bits per heavy atom. The van der Waals surface area contributed by atoms with Gasteiger partial charge >= 0.3 is 0 Å². The normalized spacial score (nSPS) is 17.4. The Balaban J connectivity index is 1.62. The molecule has 3 aromatic rings. The van der Waals surface area contributed by atoms with Crippen LogP contribution in [0.15, 0.2) is 49.1 Å². The maximum atomic E-state index is 13.0. The van der Waals surface area contributed by atoms with Crippen LogP contribution in [0.4, 0.5) is 0 Å². The van der Waals surface area contributed by atoms with Crippen molar-refractivity contribution in [2.75, 3.05) is 6.54 Å². The number of amides is 1. The van der Waals surface area contributed by atoms with Gasteiger partial charge in [0.2, 0.25) is 5.91 Å². The predicted octanol–water partition coefficient (Wildman–Crippen LogP) is 2.53. The van der Waals surface area contributed by atoms with Gasteiger partial charge in [0, 0.05) is 24.6 Å². The molecule has 0 radical (unpaired) electrons. The molecule has 0 N–H and O–H groups in total. The number of likely N-dealkylation sites (tertiary alicyclic amines) is 1. The summed E-state index contributed by atoms with van der Waals surface area (Å²) < 4.78 is 3.87. The molecule has 134 valence electrons. The van der Waals surface area contributed by atoms with E-state index in [1.807, 2.05) is 57.5 Å². The van der Waals surface area contributed by atoms with E-state index in [0.29, 0.717) is 6.54 Å². The molecule has 1 amide bonds. The summed E-state index contributed by atoms with van der Waals surface area (Å²) in [5.74, 6) is 1.77. The molecule has 1 aromatic carbocycles. The zero-order valence-corrected chi connectivity index (χ0v) is 14.8. The van der Waals surface area contributed by atoms with Gasteiger partial charge in [-0.3, -0.25) is 9.36 Å². The van der Waals surface area contributed by atoms with Crippen LogP contribution in [0.1, 0.15) is 37.0 Å². The number of carbonyl (C=O) groups is 1. The lowest BCUT2D eigenvalue weighted by Gasteiger charge is -2.35. The molecule has 7 nitrogen and oxygen atoms in total. The molecule has 1 atom stereocenters. The van der Waals surface area contributed by atoms with Crippen molar-refractivity contribution in [2.45, 2.75) is 38.8 Å². The number of nitrogens with zero attached hydrogens (tertiary/aromatic N) is 6. The number of piperidine rings is 1. The molecular weight excluding hydrogens is 328 g/mol. The second-order valence-corrected chi connectivity index (χ2v) is 6.60. The highest BCUT2D eigenvalue weighted by atomic mass is 16.2. The second-order valence-electron chi connectivity index (χ2n) is 6.60. The molecular formula is C19H22N6O. The molecule has 1 unspecified atom stereocenters. The van der Waals surface area contributed by atoms with Crippen molar-refractivity contribution in [3.8, 4) is 5.69 Å². The fourth-order valence-electron chi connectivity index (χ4n) is 3.56. The molecule has 4 rings (SSSR count). The fraction of sp³-hybridized carbons (Fsp3) is 0.368. The van der Waals surface area contributed by atoms with Crippen molar-refractivity contribution in [1.82, 2.24) is 29.2 Å². The van der Waals surface area contributed by atoms with E-state index in [1.165, 1.54) is 0 Å². The van der Waals surface area contributed by atoms with Gasteiger partial charge in [-0.05, 0) is 38.3 Å². The van der Waals surface area contributed by atoms with Crippen LogP contribution in [0, 0.1) is 6.92 Å². The zero-order chi connectivity index (χ0) is 17.9.